The van der Waals surface area contributed by atoms with Crippen molar-refractivity contribution in [1.82, 2.24) is 47.5 Å². The zero-order valence-corrected chi connectivity index (χ0v) is 57.4. The van der Waals surface area contributed by atoms with Gasteiger partial charge in [0.15, 0.2) is 17.3 Å². The van der Waals surface area contributed by atoms with Gasteiger partial charge in [-0.25, -0.2) is 0 Å². The average Bonchev–Trinajstić information content (AvgIpc) is 1.57. The molecule has 3 aromatic rings. The van der Waals surface area contributed by atoms with E-state index in [1.807, 2.05) is 89.2 Å². The van der Waals surface area contributed by atoms with Gasteiger partial charge in [-0.1, -0.05) is 143 Å². The number of hydrogen-bond donors (Lipinski definition) is 12. The summed E-state index contributed by atoms with van der Waals surface area (Å²) in [5, 5.41) is 35.1. The van der Waals surface area contributed by atoms with Gasteiger partial charge in [0.1, 0.15) is 30.3 Å². The number of carbonyl (C=O) groups excluding carboxylic acids is 11. The molecular formula is C70H109N11O13. The summed E-state index contributed by atoms with van der Waals surface area (Å²) in [6, 6.07) is 7.76. The lowest BCUT2D eigenvalue weighted by molar-refractivity contribution is -0.156. The van der Waals surface area contributed by atoms with Crippen LogP contribution in [0.2, 0.25) is 0 Å². The van der Waals surface area contributed by atoms with E-state index in [-0.39, 0.29) is 31.6 Å². The number of para-hydroxylation sites is 1. The molecule has 0 aliphatic carbocycles. The Kier molecular flexibility index (Phi) is 33.2. The van der Waals surface area contributed by atoms with Gasteiger partial charge in [-0.3, -0.25) is 58.1 Å². The Morgan fingerprint density at radius 1 is 0.691 bits per heavy atom. The molecule has 0 spiro atoms. The highest BCUT2D eigenvalue weighted by molar-refractivity contribution is 5.99. The number of fused-ring (bicyclic) bond motifs is 1. The Morgan fingerprint density at radius 2 is 1.31 bits per heavy atom. The number of ketones is 3. The predicted molar refractivity (Wildman–Crippen MR) is 360 cm³/mol. The van der Waals surface area contributed by atoms with Crippen molar-refractivity contribution in [3.8, 4) is 0 Å². The van der Waals surface area contributed by atoms with Crippen LogP contribution in [-0.4, -0.2) is 155 Å². The Morgan fingerprint density at radius 3 is 1.93 bits per heavy atom. The Hall–Kier alpha value is -7.41. The number of aromatic amines is 1. The number of carbonyl (C=O) groups is 11. The topological polar surface area (TPSA) is 381 Å². The molecule has 0 radical (unpaired) electrons. The summed E-state index contributed by atoms with van der Waals surface area (Å²) in [6.07, 6.45) is 2.40. The molecule has 0 saturated carbocycles. The fourth-order valence-corrected chi connectivity index (χ4v) is 11.8. The molecular weight excluding hydrogens is 1200 g/mol. The first kappa shape index (κ1) is 79.0. The number of unbranched alkanes of at least 4 members (excludes halogenated alkanes) is 1. The summed E-state index contributed by atoms with van der Waals surface area (Å²) in [7, 11) is 1.65. The first-order valence-electron chi connectivity index (χ1n) is 33.9. The van der Waals surface area contributed by atoms with Crippen molar-refractivity contribution in [3.05, 3.63) is 71.9 Å². The van der Waals surface area contributed by atoms with Crippen LogP contribution in [0, 0.1) is 41.4 Å². The molecule has 522 valence electrons. The summed E-state index contributed by atoms with van der Waals surface area (Å²) in [5.41, 5.74) is 13.7. The van der Waals surface area contributed by atoms with E-state index in [0.717, 1.165) is 16.5 Å². The van der Waals surface area contributed by atoms with E-state index in [9.17, 15) is 57.8 Å². The number of aromatic nitrogens is 1. The third-order valence-electron chi connectivity index (χ3n) is 19.0. The van der Waals surface area contributed by atoms with Gasteiger partial charge in [-0.15, -0.1) is 0 Å². The van der Waals surface area contributed by atoms with Crippen LogP contribution < -0.4 is 54.0 Å². The van der Waals surface area contributed by atoms with Crippen LogP contribution in [0.25, 0.3) is 10.9 Å². The van der Waals surface area contributed by atoms with Crippen LogP contribution in [0.15, 0.2) is 60.8 Å². The number of esters is 1. The zero-order chi connectivity index (χ0) is 69.9. The van der Waals surface area contributed by atoms with Crippen molar-refractivity contribution < 1.29 is 62.6 Å². The van der Waals surface area contributed by atoms with E-state index in [0.29, 0.717) is 63.5 Å². The number of primary amides is 1. The second-order valence-electron chi connectivity index (χ2n) is 26.1. The fraction of sp³-hybridized carbons (Fsp3) is 0.643. The summed E-state index contributed by atoms with van der Waals surface area (Å²) in [5.74, 6) is -12.4. The van der Waals surface area contributed by atoms with Crippen molar-refractivity contribution in [2.75, 3.05) is 20.2 Å². The highest BCUT2D eigenvalue weighted by atomic mass is 16.5. The molecule has 7 amide bonds. The molecule has 1 unspecified atom stereocenters. The molecule has 1 aliphatic rings. The van der Waals surface area contributed by atoms with E-state index in [1.54, 1.807) is 47.9 Å². The summed E-state index contributed by atoms with van der Waals surface area (Å²) in [6.45, 7) is 19.0. The van der Waals surface area contributed by atoms with Crippen molar-refractivity contribution in [1.29, 1.82) is 0 Å². The molecule has 0 bridgehead atoms. The van der Waals surface area contributed by atoms with Gasteiger partial charge in [0, 0.05) is 73.1 Å². The molecule has 24 heteroatoms. The summed E-state index contributed by atoms with van der Waals surface area (Å²) >= 11 is 0. The predicted octanol–water partition coefficient (Wildman–Crippen LogP) is 4.06. The maximum Gasteiger partial charge on any atom is 0.323 e. The summed E-state index contributed by atoms with van der Waals surface area (Å²) in [4.78, 5) is 160. The first-order chi connectivity index (χ1) is 44.7. The molecule has 1 aliphatic heterocycles. The van der Waals surface area contributed by atoms with Crippen LogP contribution in [0.3, 0.4) is 0 Å². The van der Waals surface area contributed by atoms with Gasteiger partial charge in [0.2, 0.25) is 41.4 Å². The molecule has 1 fully saturated rings. The van der Waals surface area contributed by atoms with Gasteiger partial charge in [-0.2, -0.15) is 0 Å². The lowest BCUT2D eigenvalue weighted by atomic mass is 9.83. The van der Waals surface area contributed by atoms with E-state index in [4.69, 9.17) is 16.2 Å². The normalized spacial score (nSPS) is 21.6. The molecule has 1 aromatic heterocycles. The van der Waals surface area contributed by atoms with Crippen molar-refractivity contribution in [3.63, 3.8) is 0 Å². The number of aliphatic hydroxyl groups excluding tert-OH is 1. The van der Waals surface area contributed by atoms with Gasteiger partial charge >= 0.3 is 5.97 Å². The maximum atomic E-state index is 14.9. The third-order valence-corrected chi connectivity index (χ3v) is 19.0. The van der Waals surface area contributed by atoms with E-state index in [1.165, 1.54) is 6.92 Å². The number of hydrogen-bond acceptors (Lipinski definition) is 16. The number of cyclic esters (lactones) is 1. The number of nitrogens with one attached hydrogen (secondary N) is 9. The van der Waals surface area contributed by atoms with E-state index >= 15 is 0 Å². The first-order valence-corrected chi connectivity index (χ1v) is 33.9. The molecule has 24 nitrogen and oxygen atoms in total. The van der Waals surface area contributed by atoms with Gasteiger partial charge in [0.25, 0.3) is 0 Å². The minimum atomic E-state index is -1.50. The number of benzene rings is 2. The number of likely N-dealkylation sites (N-methyl/N-ethyl adjacent to an activating group) is 1. The molecule has 2 heterocycles. The zero-order valence-electron chi connectivity index (χ0n) is 57.4. The minimum absolute atomic E-state index is 0.0751. The lowest BCUT2D eigenvalue weighted by Crippen LogP contribution is -2.59. The number of H-pyrrole nitrogens is 1. The van der Waals surface area contributed by atoms with Crippen LogP contribution >= 0.6 is 0 Å². The van der Waals surface area contributed by atoms with E-state index < -0.39 is 180 Å². The monoisotopic (exact) mass is 1310 g/mol. The smallest absolute Gasteiger partial charge is 0.323 e. The Balaban J connectivity index is 1.61. The van der Waals surface area contributed by atoms with Crippen LogP contribution in [0.5, 0.6) is 0 Å². The largest absolute Gasteiger partial charge is 0.459 e. The molecule has 17 atom stereocenters. The maximum absolute atomic E-state index is 14.9. The quantitative estimate of drug-likeness (QED) is 0.0286. The highest BCUT2D eigenvalue weighted by Gasteiger charge is 2.41. The van der Waals surface area contributed by atoms with Crippen molar-refractivity contribution in [2.24, 2.45) is 52.9 Å². The Bertz CT molecular complexity index is 3000. The highest BCUT2D eigenvalue weighted by Crippen LogP contribution is 2.26. The fourth-order valence-electron chi connectivity index (χ4n) is 11.8. The molecule has 4 rings (SSSR count). The van der Waals surface area contributed by atoms with Crippen LogP contribution in [-0.2, 0) is 70.3 Å². The number of rotatable bonds is 37. The Labute approximate surface area is 555 Å². The standard InChI is InChI=1S/C70H109N11O13/c1-13-39(5)50(66(89)79-60(40(6)14-2)58(85)35-48(38-82)65(88)81-63-45(11)94-70(93)62(42(8)16-4)75-44(10)51(27-22-23-31-71)76-64(87)43(9)32-57(63)84)36-56(83)53(29-30-59(72)86)77-68(91)55(34-47-37-74-52-28-21-20-26-49(47)52)78-69(92)61(41(7)15-3)80-67(90)54(73-12)33-46-24-18-17-19-25-46/h17-21,24-26,28,37,39-45,48,50-51,53-55,60-63,73-75,82H,13-16,22-23,27,29-36,38,71H2,1-12H3,(H2,72,86)(H,76,87)(H,77,91)(H,78,92)(H,79,89)(H,80,90)(H,81,88)/t39-,40-,41-,42-,43+,44?,45-,48-,50+,51-,53+,54+,55-,60-,61-,62-,63+/m0/s1. The molecule has 2 aromatic carbocycles. The number of amides is 7. The number of nitrogens with two attached hydrogens (primary N) is 2. The van der Waals surface area contributed by atoms with Gasteiger partial charge < -0.3 is 63.5 Å². The number of Topliss-reactive ketones (excluding diaryl/α,β-unsaturated/α-hetero) is 3. The lowest BCUT2D eigenvalue weighted by Gasteiger charge is -2.33. The van der Waals surface area contributed by atoms with Crippen LogP contribution in [0.4, 0.5) is 0 Å². The number of aliphatic hydroxyl groups is 1. The second-order valence-corrected chi connectivity index (χ2v) is 26.1. The third kappa shape index (κ3) is 23.5. The molecule has 94 heavy (non-hydrogen) atoms. The van der Waals surface area contributed by atoms with E-state index in [2.05, 4.69) is 47.5 Å². The van der Waals surface area contributed by atoms with Gasteiger partial charge in [0.05, 0.1) is 30.7 Å². The average molecular weight is 1310 g/mol. The van der Waals surface area contributed by atoms with Crippen LogP contribution in [0.1, 0.15) is 164 Å². The van der Waals surface area contributed by atoms with Crippen molar-refractivity contribution in [2.45, 2.75) is 227 Å². The number of ether oxygens (including phenoxy) is 1. The SMILES string of the molecule is CC[C@H](C)[C@H](NC(=O)[C@H](CC(=O)[C@@H](CCC(N)=O)NC(=O)[C@H](Cc1c[nH]c2ccccc12)NC(=O)[C@@H](NC(=O)[C@@H](Cc1ccccc1)NC)[C@@H](C)CC)[C@@H](C)CC)C(=O)C[C@@H](CO)C(=O)N[C@H]1C(=O)C[C@@H](C)C(=O)N[C@@H](CCCCN)C(C)N[C@@H]([C@@H](C)CC)C(=O)O[C@H]1C. The van der Waals surface area contributed by atoms with Gasteiger partial charge in [-0.05, 0) is 94.0 Å². The summed E-state index contributed by atoms with van der Waals surface area (Å²) < 4.78 is 5.96. The second kappa shape index (κ2) is 39.5. The molecule has 14 N–H and O–H groups in total. The van der Waals surface area contributed by atoms with Crippen molar-refractivity contribution >= 4 is 75.6 Å². The minimum Gasteiger partial charge on any atom is -0.459 e. The molecule has 1 saturated heterocycles.